The lowest BCUT2D eigenvalue weighted by molar-refractivity contribution is -0.127. The van der Waals surface area contributed by atoms with Crippen molar-refractivity contribution in [3.8, 4) is 0 Å². The number of halogens is 1. The van der Waals surface area contributed by atoms with Crippen molar-refractivity contribution in [1.82, 2.24) is 20.0 Å². The summed E-state index contributed by atoms with van der Waals surface area (Å²) < 4.78 is 14.6. The number of aromatic nitrogens is 2. The van der Waals surface area contributed by atoms with Crippen molar-refractivity contribution in [2.45, 2.75) is 0 Å². The molecule has 0 saturated carbocycles. The van der Waals surface area contributed by atoms with E-state index in [1.165, 1.54) is 21.7 Å². The number of nitrogens with zero attached hydrogens (tertiary/aromatic N) is 3. The molecule has 0 unspecified atom stereocenters. The second-order valence-corrected chi connectivity index (χ2v) is 4.93. The SMILES string of the molecule is CN(C)C(=O)CNC(=O)c1nn(C)c2ccc(F)cc2c1=O. The number of likely N-dealkylation sites (N-methyl/N-ethyl adjacent to an activating group) is 1. The number of rotatable bonds is 3. The van der Waals surface area contributed by atoms with Gasteiger partial charge in [-0.1, -0.05) is 0 Å². The molecule has 2 amide bonds. The average Bonchev–Trinajstić information content (AvgIpc) is 2.47. The van der Waals surface area contributed by atoms with Crippen molar-refractivity contribution in [2.75, 3.05) is 20.6 Å². The van der Waals surface area contributed by atoms with Crippen LogP contribution in [0, 0.1) is 5.82 Å². The van der Waals surface area contributed by atoms with Crippen LogP contribution in [0.5, 0.6) is 0 Å². The van der Waals surface area contributed by atoms with Crippen molar-refractivity contribution in [2.24, 2.45) is 7.05 Å². The van der Waals surface area contributed by atoms with Crippen LogP contribution in [0.1, 0.15) is 10.5 Å². The maximum Gasteiger partial charge on any atom is 0.276 e. The average molecular weight is 306 g/mol. The molecule has 0 bridgehead atoms. The minimum Gasteiger partial charge on any atom is -0.347 e. The van der Waals surface area contributed by atoms with Crippen molar-refractivity contribution in [3.05, 3.63) is 39.9 Å². The maximum absolute atomic E-state index is 13.3. The molecule has 8 heteroatoms. The molecule has 0 saturated heterocycles. The first-order valence-electron chi connectivity index (χ1n) is 6.46. The molecule has 0 aliphatic carbocycles. The maximum atomic E-state index is 13.3. The van der Waals surface area contributed by atoms with E-state index in [1.807, 2.05) is 0 Å². The number of fused-ring (bicyclic) bond motifs is 1. The van der Waals surface area contributed by atoms with Gasteiger partial charge in [0.1, 0.15) is 5.82 Å². The first-order chi connectivity index (χ1) is 10.3. The molecule has 1 aromatic heterocycles. The monoisotopic (exact) mass is 306 g/mol. The van der Waals surface area contributed by atoms with Gasteiger partial charge < -0.3 is 10.2 Å². The summed E-state index contributed by atoms with van der Waals surface area (Å²) in [4.78, 5) is 37.0. The summed E-state index contributed by atoms with van der Waals surface area (Å²) in [7, 11) is 4.64. The number of amides is 2. The van der Waals surface area contributed by atoms with E-state index in [0.717, 1.165) is 6.07 Å². The van der Waals surface area contributed by atoms with Crippen LogP contribution in [0.15, 0.2) is 23.0 Å². The standard InChI is InChI=1S/C14H15FN4O3/c1-18(2)11(20)7-16-14(22)12-13(21)9-6-8(15)4-5-10(9)19(3)17-12/h4-6H,7H2,1-3H3,(H,16,22). The van der Waals surface area contributed by atoms with Crippen LogP contribution in [-0.2, 0) is 11.8 Å². The van der Waals surface area contributed by atoms with Crippen LogP contribution in [0.2, 0.25) is 0 Å². The molecule has 22 heavy (non-hydrogen) atoms. The number of aryl methyl sites for hydroxylation is 1. The van der Waals surface area contributed by atoms with Crippen LogP contribution >= 0.6 is 0 Å². The van der Waals surface area contributed by atoms with E-state index < -0.39 is 17.2 Å². The van der Waals surface area contributed by atoms with Crippen molar-refractivity contribution < 1.29 is 14.0 Å². The molecule has 7 nitrogen and oxygen atoms in total. The number of carbonyl (C=O) groups is 2. The topological polar surface area (TPSA) is 84.3 Å². The minimum absolute atomic E-state index is 0.0570. The van der Waals surface area contributed by atoms with Gasteiger partial charge in [-0.25, -0.2) is 4.39 Å². The number of hydrogen-bond donors (Lipinski definition) is 1. The molecule has 0 fully saturated rings. The second kappa shape index (κ2) is 5.92. The van der Waals surface area contributed by atoms with Gasteiger partial charge in [0.25, 0.3) is 5.91 Å². The Morgan fingerprint density at radius 1 is 1.36 bits per heavy atom. The van der Waals surface area contributed by atoms with Gasteiger partial charge in [0.05, 0.1) is 17.4 Å². The third kappa shape index (κ3) is 2.95. The lowest BCUT2D eigenvalue weighted by Gasteiger charge is -2.11. The van der Waals surface area contributed by atoms with Crippen molar-refractivity contribution in [1.29, 1.82) is 0 Å². The molecule has 116 valence electrons. The zero-order valence-electron chi connectivity index (χ0n) is 12.4. The highest BCUT2D eigenvalue weighted by Crippen LogP contribution is 2.10. The van der Waals surface area contributed by atoms with Gasteiger partial charge >= 0.3 is 0 Å². The van der Waals surface area contributed by atoms with Crippen LogP contribution < -0.4 is 10.7 Å². The number of carbonyl (C=O) groups excluding carboxylic acids is 2. The van der Waals surface area contributed by atoms with Crippen molar-refractivity contribution >= 4 is 22.7 Å². The van der Waals surface area contributed by atoms with E-state index >= 15 is 0 Å². The van der Waals surface area contributed by atoms with Crippen LogP contribution in [0.25, 0.3) is 10.9 Å². The van der Waals surface area contributed by atoms with Gasteiger partial charge in [0.15, 0.2) is 5.69 Å². The largest absolute Gasteiger partial charge is 0.347 e. The summed E-state index contributed by atoms with van der Waals surface area (Å²) in [5.74, 6) is -1.68. The Labute approximate surface area is 125 Å². The highest BCUT2D eigenvalue weighted by atomic mass is 19.1. The molecule has 1 N–H and O–H groups in total. The molecule has 2 rings (SSSR count). The quantitative estimate of drug-likeness (QED) is 0.857. The first kappa shape index (κ1) is 15.6. The fourth-order valence-electron chi connectivity index (χ4n) is 1.90. The summed E-state index contributed by atoms with van der Waals surface area (Å²) in [6, 6.07) is 3.68. The highest BCUT2D eigenvalue weighted by molar-refractivity contribution is 5.97. The molecule has 2 aromatic rings. The van der Waals surface area contributed by atoms with Gasteiger partial charge in [-0.05, 0) is 18.2 Å². The Kier molecular flexibility index (Phi) is 4.20. The Hall–Kier alpha value is -2.77. The van der Waals surface area contributed by atoms with E-state index in [0.29, 0.717) is 5.52 Å². The van der Waals surface area contributed by atoms with Crippen LogP contribution in [0.3, 0.4) is 0 Å². The molecule has 0 spiro atoms. The second-order valence-electron chi connectivity index (χ2n) is 4.93. The fraction of sp³-hybridized carbons (Fsp3) is 0.286. The molecule has 1 aromatic carbocycles. The van der Waals surface area contributed by atoms with Crippen LogP contribution in [-0.4, -0.2) is 47.1 Å². The highest BCUT2D eigenvalue weighted by Gasteiger charge is 2.18. The Bertz CT molecular complexity index is 814. The van der Waals surface area contributed by atoms with E-state index in [-0.39, 0.29) is 23.5 Å². The number of benzene rings is 1. The zero-order valence-corrected chi connectivity index (χ0v) is 12.4. The molecular formula is C14H15FN4O3. The van der Waals surface area contributed by atoms with E-state index in [1.54, 1.807) is 21.1 Å². The Balaban J connectivity index is 2.39. The Morgan fingerprint density at radius 3 is 2.68 bits per heavy atom. The van der Waals surface area contributed by atoms with Gasteiger partial charge in [-0.2, -0.15) is 5.10 Å². The lowest BCUT2D eigenvalue weighted by atomic mass is 10.2. The van der Waals surface area contributed by atoms with Gasteiger partial charge in [-0.15, -0.1) is 0 Å². The normalized spacial score (nSPS) is 10.5. The van der Waals surface area contributed by atoms with Crippen LogP contribution in [0.4, 0.5) is 4.39 Å². The van der Waals surface area contributed by atoms with E-state index in [9.17, 15) is 18.8 Å². The third-order valence-corrected chi connectivity index (χ3v) is 3.13. The molecule has 0 radical (unpaired) electrons. The molecule has 0 atom stereocenters. The van der Waals surface area contributed by atoms with E-state index in [2.05, 4.69) is 10.4 Å². The van der Waals surface area contributed by atoms with Gasteiger partial charge in [0.2, 0.25) is 11.3 Å². The summed E-state index contributed by atoms with van der Waals surface area (Å²) >= 11 is 0. The smallest absolute Gasteiger partial charge is 0.276 e. The fourth-order valence-corrected chi connectivity index (χ4v) is 1.90. The molecule has 0 aliphatic heterocycles. The molecule has 1 heterocycles. The Morgan fingerprint density at radius 2 is 2.05 bits per heavy atom. The predicted octanol–water partition coefficient (Wildman–Crippen LogP) is -0.109. The zero-order chi connectivity index (χ0) is 16.4. The third-order valence-electron chi connectivity index (χ3n) is 3.13. The number of nitrogens with one attached hydrogen (secondary N) is 1. The predicted molar refractivity (Wildman–Crippen MR) is 78.0 cm³/mol. The summed E-state index contributed by atoms with van der Waals surface area (Å²) in [6.07, 6.45) is 0. The first-order valence-corrected chi connectivity index (χ1v) is 6.46. The van der Waals surface area contributed by atoms with Gasteiger partial charge in [0, 0.05) is 21.1 Å². The van der Waals surface area contributed by atoms with E-state index in [4.69, 9.17) is 0 Å². The minimum atomic E-state index is -0.776. The molecule has 0 aliphatic rings. The summed E-state index contributed by atoms with van der Waals surface area (Å²) in [5, 5.41) is 6.28. The summed E-state index contributed by atoms with van der Waals surface area (Å²) in [6.45, 7) is -0.252. The lowest BCUT2D eigenvalue weighted by Crippen LogP contribution is -2.38. The molecular weight excluding hydrogens is 291 g/mol. The number of hydrogen-bond acceptors (Lipinski definition) is 4. The van der Waals surface area contributed by atoms with Gasteiger partial charge in [-0.3, -0.25) is 19.1 Å². The van der Waals surface area contributed by atoms with Crippen molar-refractivity contribution in [3.63, 3.8) is 0 Å². The summed E-state index contributed by atoms with van der Waals surface area (Å²) in [5.41, 5.74) is -0.651.